The summed E-state index contributed by atoms with van der Waals surface area (Å²) >= 11 is 0. The highest BCUT2D eigenvalue weighted by molar-refractivity contribution is 5.29. The van der Waals surface area contributed by atoms with Gasteiger partial charge in [-0.1, -0.05) is 130 Å². The number of rotatable bonds is 11. The van der Waals surface area contributed by atoms with Crippen LogP contribution in [0.25, 0.3) is 0 Å². The number of allylic oxidation sites excluding steroid dienone is 1. The molecule has 4 aliphatic carbocycles. The van der Waals surface area contributed by atoms with Crippen LogP contribution in [0.2, 0.25) is 0 Å². The maximum atomic E-state index is 11.5. The molecule has 0 amide bonds. The zero-order valence-corrected chi connectivity index (χ0v) is 30.9. The summed E-state index contributed by atoms with van der Waals surface area (Å²) in [4.78, 5) is 0. The third-order valence-corrected chi connectivity index (χ3v) is 13.1. The molecule has 10 unspecified atom stereocenters. The molecule has 0 heterocycles. The lowest BCUT2D eigenvalue weighted by atomic mass is 9.44. The van der Waals surface area contributed by atoms with Crippen LogP contribution in [0.5, 0.6) is 0 Å². The topological polar surface area (TPSA) is 49.7 Å². The Bertz CT molecular complexity index is 1000. The summed E-state index contributed by atoms with van der Waals surface area (Å²) in [6.45, 7) is 21.2. The zero-order valence-electron chi connectivity index (χ0n) is 30.9. The first-order chi connectivity index (χ1) is 21.6. The quantitative estimate of drug-likeness (QED) is 0.241. The molecule has 0 aromatic heterocycles. The van der Waals surface area contributed by atoms with Crippen LogP contribution in [0.1, 0.15) is 145 Å². The molecule has 45 heavy (non-hydrogen) atoms. The molecular weight excluding hydrogens is 552 g/mol. The Balaban J connectivity index is 0.000000853. The van der Waals surface area contributed by atoms with Crippen molar-refractivity contribution in [3.05, 3.63) is 47.5 Å². The van der Waals surface area contributed by atoms with Gasteiger partial charge in [0.1, 0.15) is 0 Å². The molecule has 5 rings (SSSR count). The van der Waals surface area contributed by atoms with Crippen molar-refractivity contribution in [2.24, 2.45) is 52.3 Å². The molecule has 3 nitrogen and oxygen atoms in total. The largest absolute Gasteiger partial charge is 0.396 e. The van der Waals surface area contributed by atoms with Gasteiger partial charge in [-0.25, -0.2) is 0 Å². The summed E-state index contributed by atoms with van der Waals surface area (Å²) in [5, 5.41) is 21.1. The maximum absolute atomic E-state index is 11.5. The lowest BCUT2D eigenvalue weighted by Gasteiger charge is -2.62. The Morgan fingerprint density at radius 2 is 1.62 bits per heavy atom. The molecular formula is C42H72O3. The van der Waals surface area contributed by atoms with E-state index in [4.69, 9.17) is 4.74 Å². The van der Waals surface area contributed by atoms with Crippen molar-refractivity contribution in [3.8, 4) is 0 Å². The van der Waals surface area contributed by atoms with Gasteiger partial charge in [0.05, 0.1) is 18.8 Å². The average Bonchev–Trinajstić information content (AvgIpc) is 3.41. The van der Waals surface area contributed by atoms with Crippen LogP contribution in [0, 0.1) is 52.3 Å². The van der Waals surface area contributed by atoms with Crippen LogP contribution in [0.3, 0.4) is 0 Å². The van der Waals surface area contributed by atoms with Gasteiger partial charge >= 0.3 is 0 Å². The molecule has 0 spiro atoms. The van der Waals surface area contributed by atoms with Gasteiger partial charge in [-0.3, -0.25) is 0 Å². The van der Waals surface area contributed by atoms with Gasteiger partial charge in [-0.15, -0.1) is 0 Å². The lowest BCUT2D eigenvalue weighted by Crippen LogP contribution is -2.58. The van der Waals surface area contributed by atoms with Crippen molar-refractivity contribution in [2.45, 2.75) is 158 Å². The molecule has 10 atom stereocenters. The van der Waals surface area contributed by atoms with Crippen LogP contribution in [0.4, 0.5) is 0 Å². The van der Waals surface area contributed by atoms with Crippen molar-refractivity contribution in [2.75, 3.05) is 6.61 Å². The summed E-state index contributed by atoms with van der Waals surface area (Å²) in [5.74, 6) is 3.77. The predicted octanol–water partition coefficient (Wildman–Crippen LogP) is 11.0. The maximum Gasteiger partial charge on any atom is 0.0720 e. The van der Waals surface area contributed by atoms with Gasteiger partial charge in [-0.05, 0) is 103 Å². The van der Waals surface area contributed by atoms with E-state index in [1.165, 1.54) is 68.9 Å². The van der Waals surface area contributed by atoms with E-state index >= 15 is 0 Å². The summed E-state index contributed by atoms with van der Waals surface area (Å²) in [5.41, 5.74) is 3.41. The highest BCUT2D eigenvalue weighted by Gasteiger charge is 2.61. The second kappa shape index (κ2) is 17.8. The van der Waals surface area contributed by atoms with E-state index in [1.807, 2.05) is 13.8 Å². The molecule has 0 bridgehead atoms. The molecule has 0 saturated heterocycles. The van der Waals surface area contributed by atoms with E-state index < -0.39 is 0 Å². The van der Waals surface area contributed by atoms with Gasteiger partial charge < -0.3 is 14.9 Å². The fraction of sp³-hybridized carbons (Fsp3) is 0.810. The Kier molecular flexibility index (Phi) is 15.2. The van der Waals surface area contributed by atoms with Crippen LogP contribution in [0.15, 0.2) is 42.0 Å². The number of benzene rings is 1. The number of fused-ring (bicyclic) bond motifs is 5. The minimum atomic E-state index is -0.347. The molecule has 1 aromatic carbocycles. The van der Waals surface area contributed by atoms with Crippen LogP contribution in [-0.4, -0.2) is 29.0 Å². The van der Waals surface area contributed by atoms with Crippen LogP contribution in [-0.2, 0) is 11.3 Å². The first kappa shape index (κ1) is 38.3. The van der Waals surface area contributed by atoms with Crippen LogP contribution < -0.4 is 0 Å². The van der Waals surface area contributed by atoms with E-state index in [0.29, 0.717) is 35.2 Å². The first-order valence-electron chi connectivity index (χ1n) is 19.3. The lowest BCUT2D eigenvalue weighted by molar-refractivity contribution is -0.176. The summed E-state index contributed by atoms with van der Waals surface area (Å²) in [6, 6.07) is 10.8. The number of hydrogen-bond donors (Lipinski definition) is 2. The molecule has 3 saturated carbocycles. The molecule has 1 aromatic rings. The Morgan fingerprint density at radius 1 is 0.933 bits per heavy atom. The van der Waals surface area contributed by atoms with Crippen molar-refractivity contribution in [1.82, 2.24) is 0 Å². The summed E-state index contributed by atoms with van der Waals surface area (Å²) < 4.78 is 6.94. The van der Waals surface area contributed by atoms with Gasteiger partial charge in [0.25, 0.3) is 0 Å². The number of aliphatic hydroxyl groups excluding tert-OH is 2. The second-order valence-corrected chi connectivity index (χ2v) is 15.8. The number of hydrogen-bond acceptors (Lipinski definition) is 3. The van der Waals surface area contributed by atoms with E-state index in [9.17, 15) is 10.2 Å². The minimum absolute atomic E-state index is 0.151. The highest BCUT2D eigenvalue weighted by Crippen LogP contribution is 2.67. The highest BCUT2D eigenvalue weighted by atomic mass is 16.5. The number of ether oxygens (including phenoxy) is 1. The predicted molar refractivity (Wildman–Crippen MR) is 192 cm³/mol. The van der Waals surface area contributed by atoms with Crippen molar-refractivity contribution >= 4 is 0 Å². The van der Waals surface area contributed by atoms with Gasteiger partial charge in [0, 0.05) is 12.5 Å². The molecule has 258 valence electrons. The zero-order chi connectivity index (χ0) is 33.2. The van der Waals surface area contributed by atoms with Crippen molar-refractivity contribution in [3.63, 3.8) is 0 Å². The van der Waals surface area contributed by atoms with E-state index in [1.54, 1.807) is 0 Å². The van der Waals surface area contributed by atoms with Crippen molar-refractivity contribution < 1.29 is 14.9 Å². The normalized spacial score (nSPS) is 34.0. The monoisotopic (exact) mass is 625 g/mol. The third kappa shape index (κ3) is 8.66. The molecule has 0 radical (unpaired) electrons. The molecule has 3 heteroatoms. The van der Waals surface area contributed by atoms with Gasteiger partial charge in [0.2, 0.25) is 0 Å². The fourth-order valence-corrected chi connectivity index (χ4v) is 10.1. The van der Waals surface area contributed by atoms with E-state index in [-0.39, 0.29) is 24.0 Å². The SMILES string of the molecule is CC.CC(C)C(CCO)CC(O)C(C)C1=CCC2C3C(OCc4ccccc4)CC4CCCCC4(C)C3CCC12C.CCCC. The number of unbranched alkanes of at least 4 members (excludes halogenated alkanes) is 1. The molecule has 2 N–H and O–H groups in total. The first-order valence-corrected chi connectivity index (χ1v) is 19.3. The third-order valence-electron chi connectivity index (χ3n) is 13.1. The van der Waals surface area contributed by atoms with Gasteiger partial charge in [-0.2, -0.15) is 0 Å². The fourth-order valence-electron chi connectivity index (χ4n) is 10.1. The van der Waals surface area contributed by atoms with E-state index in [0.717, 1.165) is 37.7 Å². The Morgan fingerprint density at radius 3 is 2.24 bits per heavy atom. The summed E-state index contributed by atoms with van der Waals surface area (Å²) in [7, 11) is 0. The van der Waals surface area contributed by atoms with Gasteiger partial charge in [0.15, 0.2) is 0 Å². The smallest absolute Gasteiger partial charge is 0.0720 e. The molecule has 3 fully saturated rings. The van der Waals surface area contributed by atoms with E-state index in [2.05, 4.69) is 84.9 Å². The minimum Gasteiger partial charge on any atom is -0.396 e. The Hall–Kier alpha value is -1.16. The van der Waals surface area contributed by atoms with Crippen molar-refractivity contribution in [1.29, 1.82) is 0 Å². The average molecular weight is 625 g/mol. The standard InChI is InChI=1S/C36H56O3.C4H10.C2H6/c1-24(2)27(17-20-37)21-32(38)25(3)29-14-15-30-34-31(16-19-36(29,30)5)35(4)18-10-9-13-28(35)22-33(34)39-23-26-11-7-6-8-12-26;1-3-4-2;1-2/h6-8,11-12,14,24-25,27-28,30-34,37-38H,9-10,13,15-23H2,1-5H3;3-4H2,1-2H3;1-2H3. The number of aliphatic hydroxyl groups is 2. The Labute approximate surface area is 279 Å². The summed E-state index contributed by atoms with van der Waals surface area (Å²) in [6.07, 6.45) is 17.2. The second-order valence-electron chi connectivity index (χ2n) is 15.8. The molecule has 4 aliphatic rings. The molecule has 0 aliphatic heterocycles. The van der Waals surface area contributed by atoms with Crippen LogP contribution >= 0.6 is 0 Å².